The molecule has 0 aliphatic carbocycles. The molecule has 80 heavy (non-hydrogen) atoms. The van der Waals surface area contributed by atoms with E-state index in [2.05, 4.69) is 41.9 Å². The van der Waals surface area contributed by atoms with Crippen molar-refractivity contribution in [2.75, 3.05) is 13.1 Å². The van der Waals surface area contributed by atoms with Crippen LogP contribution in [-0.4, -0.2) is 84.2 Å². The fraction of sp³-hybridized carbons (Fsp3) is 0.250. The summed E-state index contributed by atoms with van der Waals surface area (Å²) in [5.41, 5.74) is 5.51. The first kappa shape index (κ1) is 59.4. The highest BCUT2D eigenvalue weighted by molar-refractivity contribution is 6.03. The molecule has 7 N–H and O–H groups in total. The number of aliphatic imine (C=N–C) groups is 2. The molecule has 6 rings (SSSR count). The molecule has 0 bridgehead atoms. The van der Waals surface area contributed by atoms with E-state index in [1.807, 2.05) is 54.6 Å². The number of phenolic OH excluding ortho intramolecular Hbond substituents is 1. The number of nitrogens with one attached hydrogen (secondary N) is 6. The van der Waals surface area contributed by atoms with Gasteiger partial charge in [-0.05, 0) is 76.9 Å². The van der Waals surface area contributed by atoms with Crippen molar-refractivity contribution in [2.45, 2.75) is 78.5 Å². The number of hydrogen-bond acceptors (Lipinski definition) is 14. The number of aryl methyl sites for hydroxylation is 2. The SMILES string of the molecule is Cc1cc(O)cc(C)c1C[C@H](N=C(NC(=O)OCc1ccccc1)NC(=O)OCc1ccccc1)C(=O)C[C@H](C)C(=O)NC[C@H](Cc1ccccc1)NC(=O)CN=C(NC(=O)OCc1ccccc1)NC(=O)OCc1ccccc1. The number of ether oxygens (including phenoxy) is 4. The minimum Gasteiger partial charge on any atom is -0.508 e. The van der Waals surface area contributed by atoms with E-state index in [4.69, 9.17) is 18.9 Å². The standard InChI is InChI=1S/C60H64N8O12/c1-40-29-49(69)30-41(2)50(40)33-51(64-56(67-59(75)79-38-46-25-15-7-16-26-46)68-60(76)80-39-47-27-17-8-18-28-47)52(70)31-42(3)54(72)61-34-48(32-43-19-9-4-10-20-43)63-53(71)35-62-55(65-57(73)77-36-44-21-11-5-12-22-44)66-58(74)78-37-45-23-13-6-14-24-45/h4-30,42,48,51,69H,31-39H2,1-3H3,(H,61,72)(H,63,71)(H2,62,65,66,73,74)(H2,64,67,68,75,76)/t42-,48-,51-/m0/s1. The maximum atomic E-state index is 14.5. The monoisotopic (exact) mass is 1090 g/mol. The Morgan fingerprint density at radius 1 is 0.512 bits per heavy atom. The number of carbonyl (C=O) groups is 7. The van der Waals surface area contributed by atoms with Crippen LogP contribution in [0.15, 0.2) is 174 Å². The second kappa shape index (κ2) is 31.4. The molecule has 0 fully saturated rings. The third kappa shape index (κ3) is 21.3. The summed E-state index contributed by atoms with van der Waals surface area (Å²) in [5.74, 6) is -3.59. The number of aromatic hydroxyl groups is 1. The largest absolute Gasteiger partial charge is 0.508 e. The van der Waals surface area contributed by atoms with Crippen LogP contribution in [0.1, 0.15) is 57.9 Å². The number of guanidine groups is 2. The molecule has 6 amide bonds. The van der Waals surface area contributed by atoms with Crippen LogP contribution in [0, 0.1) is 19.8 Å². The Kier molecular flexibility index (Phi) is 23.3. The Labute approximate surface area is 463 Å². The summed E-state index contributed by atoms with van der Waals surface area (Å²) < 4.78 is 21.4. The van der Waals surface area contributed by atoms with Crippen LogP contribution in [-0.2, 0) is 72.6 Å². The second-order valence-electron chi connectivity index (χ2n) is 18.4. The van der Waals surface area contributed by atoms with Gasteiger partial charge in [-0.15, -0.1) is 0 Å². The van der Waals surface area contributed by atoms with Crippen LogP contribution >= 0.6 is 0 Å². The number of rotatable bonds is 22. The van der Waals surface area contributed by atoms with E-state index < -0.39 is 78.4 Å². The van der Waals surface area contributed by atoms with Gasteiger partial charge >= 0.3 is 24.4 Å². The predicted molar refractivity (Wildman–Crippen MR) is 298 cm³/mol. The van der Waals surface area contributed by atoms with E-state index in [1.165, 1.54) is 12.1 Å². The summed E-state index contributed by atoms with van der Waals surface area (Å²) in [7, 11) is 0. The van der Waals surface area contributed by atoms with Gasteiger partial charge in [0.25, 0.3) is 0 Å². The lowest BCUT2D eigenvalue weighted by molar-refractivity contribution is -0.129. The molecule has 0 aliphatic rings. The van der Waals surface area contributed by atoms with E-state index in [-0.39, 0.29) is 58.0 Å². The topological polar surface area (TPSA) is 274 Å². The first-order valence-electron chi connectivity index (χ1n) is 25.6. The van der Waals surface area contributed by atoms with Crippen LogP contribution < -0.4 is 31.9 Å². The summed E-state index contributed by atoms with van der Waals surface area (Å²) in [4.78, 5) is 103. The highest BCUT2D eigenvalue weighted by Gasteiger charge is 2.28. The quantitative estimate of drug-likeness (QED) is 0.0195. The number of hydrogen-bond donors (Lipinski definition) is 7. The Morgan fingerprint density at radius 3 is 1.29 bits per heavy atom. The number of phenols is 1. The zero-order valence-electron chi connectivity index (χ0n) is 44.5. The Hall–Kier alpha value is -9.85. The number of carbonyl (C=O) groups excluding carboxylic acids is 7. The average Bonchev–Trinajstić information content (AvgIpc) is 3.45. The molecule has 416 valence electrons. The molecule has 3 atom stereocenters. The minimum absolute atomic E-state index is 0.00788. The van der Waals surface area contributed by atoms with E-state index in [0.717, 1.165) is 5.56 Å². The maximum Gasteiger partial charge on any atom is 0.414 e. The fourth-order valence-corrected chi connectivity index (χ4v) is 7.93. The Balaban J connectivity index is 1.16. The summed E-state index contributed by atoms with van der Waals surface area (Å²) in [5, 5.41) is 25.6. The summed E-state index contributed by atoms with van der Waals surface area (Å²) >= 11 is 0. The lowest BCUT2D eigenvalue weighted by Crippen LogP contribution is -2.48. The van der Waals surface area contributed by atoms with Gasteiger partial charge in [-0.1, -0.05) is 159 Å². The lowest BCUT2D eigenvalue weighted by atomic mass is 9.91. The van der Waals surface area contributed by atoms with E-state index in [9.17, 15) is 38.7 Å². The molecule has 0 aliphatic heterocycles. The van der Waals surface area contributed by atoms with Crippen molar-refractivity contribution < 1.29 is 57.6 Å². The summed E-state index contributed by atoms with van der Waals surface area (Å²) in [6, 6.07) is 45.7. The number of amides is 6. The van der Waals surface area contributed by atoms with Crippen molar-refractivity contribution in [2.24, 2.45) is 15.9 Å². The summed E-state index contributed by atoms with van der Waals surface area (Å²) in [6.45, 7) is 3.91. The molecule has 6 aromatic rings. The lowest BCUT2D eigenvalue weighted by Gasteiger charge is -2.22. The zero-order valence-corrected chi connectivity index (χ0v) is 44.5. The van der Waals surface area contributed by atoms with Crippen molar-refractivity contribution in [1.29, 1.82) is 0 Å². The second-order valence-corrected chi connectivity index (χ2v) is 18.4. The number of benzene rings is 6. The van der Waals surface area contributed by atoms with Gasteiger partial charge in [0.2, 0.25) is 23.7 Å². The first-order chi connectivity index (χ1) is 38.6. The van der Waals surface area contributed by atoms with Crippen LogP contribution in [0.25, 0.3) is 0 Å². The molecule has 0 aromatic heterocycles. The van der Waals surface area contributed by atoms with Crippen LogP contribution in [0.5, 0.6) is 5.75 Å². The summed E-state index contributed by atoms with van der Waals surface area (Å²) in [6.07, 6.45) is -4.12. The van der Waals surface area contributed by atoms with Crippen LogP contribution in [0.4, 0.5) is 19.2 Å². The number of Topliss-reactive ketones (excluding diaryl/α,β-unsaturated/α-hetero) is 1. The maximum absolute atomic E-state index is 14.5. The molecular weight excluding hydrogens is 1020 g/mol. The van der Waals surface area contributed by atoms with Gasteiger partial charge in [0, 0.05) is 25.3 Å². The van der Waals surface area contributed by atoms with Gasteiger partial charge < -0.3 is 34.7 Å². The third-order valence-electron chi connectivity index (χ3n) is 12.0. The minimum atomic E-state index is -1.32. The molecule has 0 heterocycles. The molecule has 0 saturated carbocycles. The van der Waals surface area contributed by atoms with Gasteiger partial charge in [0.05, 0.1) is 6.04 Å². The molecule has 20 heteroatoms. The normalized spacial score (nSPS) is 11.6. The smallest absolute Gasteiger partial charge is 0.414 e. The molecule has 0 unspecified atom stereocenters. The highest BCUT2D eigenvalue weighted by atomic mass is 16.6. The highest BCUT2D eigenvalue weighted by Crippen LogP contribution is 2.24. The van der Waals surface area contributed by atoms with Gasteiger partial charge in [-0.3, -0.25) is 35.7 Å². The molecular formula is C60H64N8O12. The van der Waals surface area contributed by atoms with Crippen LogP contribution in [0.3, 0.4) is 0 Å². The molecule has 0 spiro atoms. The van der Waals surface area contributed by atoms with Gasteiger partial charge in [0.1, 0.15) is 44.8 Å². The average molecular weight is 1090 g/mol. The number of nitrogens with zero attached hydrogens (tertiary/aromatic N) is 2. The zero-order chi connectivity index (χ0) is 57.1. The van der Waals surface area contributed by atoms with Crippen molar-refractivity contribution in [3.05, 3.63) is 208 Å². The number of alkyl carbamates (subject to hydrolysis) is 4. The molecule has 0 saturated heterocycles. The van der Waals surface area contributed by atoms with E-state index in [0.29, 0.717) is 38.9 Å². The predicted octanol–water partition coefficient (Wildman–Crippen LogP) is 7.78. The van der Waals surface area contributed by atoms with E-state index in [1.54, 1.807) is 118 Å². The van der Waals surface area contributed by atoms with Gasteiger partial charge in [-0.2, -0.15) is 0 Å². The molecule has 20 nitrogen and oxygen atoms in total. The fourth-order valence-electron chi connectivity index (χ4n) is 7.93. The third-order valence-corrected chi connectivity index (χ3v) is 12.0. The first-order valence-corrected chi connectivity index (χ1v) is 25.6. The van der Waals surface area contributed by atoms with Crippen molar-refractivity contribution in [3.8, 4) is 5.75 Å². The van der Waals surface area contributed by atoms with Crippen molar-refractivity contribution in [1.82, 2.24) is 31.9 Å². The van der Waals surface area contributed by atoms with Gasteiger partial charge in [-0.25, -0.2) is 29.2 Å². The molecule has 6 aromatic carbocycles. The Bertz CT molecular complexity index is 2930. The van der Waals surface area contributed by atoms with Crippen molar-refractivity contribution >= 4 is 53.9 Å². The van der Waals surface area contributed by atoms with Crippen LogP contribution in [0.2, 0.25) is 0 Å². The Morgan fingerprint density at radius 2 is 0.887 bits per heavy atom. The van der Waals surface area contributed by atoms with Crippen molar-refractivity contribution in [3.63, 3.8) is 0 Å². The van der Waals surface area contributed by atoms with Gasteiger partial charge in [0.15, 0.2) is 5.78 Å². The van der Waals surface area contributed by atoms with E-state index >= 15 is 0 Å². The number of ketones is 1. The molecule has 0 radical (unpaired) electrons.